The lowest BCUT2D eigenvalue weighted by atomic mass is 10.1. The zero-order valence-corrected chi connectivity index (χ0v) is 14.5. The number of H-pyrrole nitrogens is 1. The molecule has 2 N–H and O–H groups in total. The number of carbonyl (C=O) groups is 1. The van der Waals surface area contributed by atoms with E-state index in [2.05, 4.69) is 25.4 Å². The van der Waals surface area contributed by atoms with Gasteiger partial charge in [0.2, 0.25) is 0 Å². The molecule has 1 aromatic carbocycles. The number of nitrogens with zero attached hydrogens (tertiary/aromatic N) is 4. The summed E-state index contributed by atoms with van der Waals surface area (Å²) < 4.78 is 15.1. The van der Waals surface area contributed by atoms with E-state index in [4.69, 9.17) is 0 Å². The number of amides is 1. The molecule has 0 aliphatic carbocycles. The number of carbonyl (C=O) groups excluding carboxylic acids is 1. The van der Waals surface area contributed by atoms with E-state index in [1.54, 1.807) is 18.5 Å². The van der Waals surface area contributed by atoms with Crippen molar-refractivity contribution in [1.82, 2.24) is 30.0 Å². The zero-order chi connectivity index (χ0) is 18.5. The van der Waals surface area contributed by atoms with Gasteiger partial charge >= 0.3 is 0 Å². The van der Waals surface area contributed by atoms with E-state index in [0.717, 1.165) is 5.39 Å². The molecule has 3 heterocycles. The predicted molar refractivity (Wildman–Crippen MR) is 95.7 cm³/mol. The standard InChI is InChI=1S/C18H17FN6O/c1-18(2,3)24-17(26)12-8-20-16-15(12)23-14(9-21-16)25-13-6-11(19)5-4-10(13)7-22-25/h4-9H,1-3H3,(H,20,21)(H,24,26). The van der Waals surface area contributed by atoms with Crippen LogP contribution >= 0.6 is 0 Å². The molecule has 0 radical (unpaired) electrons. The van der Waals surface area contributed by atoms with Crippen LogP contribution < -0.4 is 5.32 Å². The van der Waals surface area contributed by atoms with Gasteiger partial charge in [-0.05, 0) is 32.9 Å². The van der Waals surface area contributed by atoms with E-state index < -0.39 is 0 Å². The summed E-state index contributed by atoms with van der Waals surface area (Å²) in [5.41, 5.74) is 1.53. The first-order valence-electron chi connectivity index (χ1n) is 8.12. The highest BCUT2D eigenvalue weighted by Gasteiger charge is 2.20. The van der Waals surface area contributed by atoms with Crippen LogP contribution in [-0.4, -0.2) is 36.2 Å². The van der Waals surface area contributed by atoms with Crippen LogP contribution in [0.2, 0.25) is 0 Å². The average Bonchev–Trinajstić information content (AvgIpc) is 3.15. The highest BCUT2D eigenvalue weighted by Crippen LogP contribution is 2.21. The van der Waals surface area contributed by atoms with Gasteiger partial charge in [0.25, 0.3) is 5.91 Å². The van der Waals surface area contributed by atoms with Gasteiger partial charge in [0.15, 0.2) is 11.5 Å². The second-order valence-electron chi connectivity index (χ2n) is 7.09. The maximum atomic E-state index is 13.6. The fourth-order valence-corrected chi connectivity index (χ4v) is 2.74. The minimum Gasteiger partial charge on any atom is -0.347 e. The lowest BCUT2D eigenvalue weighted by molar-refractivity contribution is 0.0921. The number of aromatic amines is 1. The van der Waals surface area contributed by atoms with Crippen molar-refractivity contribution in [1.29, 1.82) is 0 Å². The Labute approximate surface area is 148 Å². The van der Waals surface area contributed by atoms with Gasteiger partial charge in [-0.1, -0.05) is 0 Å². The SMILES string of the molecule is CC(C)(C)NC(=O)c1c[nH]c2ncc(-n3ncc4ccc(F)cc43)nc12. The van der Waals surface area contributed by atoms with E-state index in [1.165, 1.54) is 23.0 Å². The summed E-state index contributed by atoms with van der Waals surface area (Å²) in [6, 6.07) is 4.42. The van der Waals surface area contributed by atoms with E-state index >= 15 is 0 Å². The first kappa shape index (κ1) is 16.2. The van der Waals surface area contributed by atoms with Crippen LogP contribution in [0.4, 0.5) is 4.39 Å². The van der Waals surface area contributed by atoms with Crippen molar-refractivity contribution in [2.45, 2.75) is 26.3 Å². The molecule has 3 aromatic heterocycles. The highest BCUT2D eigenvalue weighted by atomic mass is 19.1. The highest BCUT2D eigenvalue weighted by molar-refractivity contribution is 6.04. The van der Waals surface area contributed by atoms with Crippen molar-refractivity contribution in [2.24, 2.45) is 0 Å². The van der Waals surface area contributed by atoms with Crippen LogP contribution in [0.5, 0.6) is 0 Å². The Morgan fingerprint density at radius 3 is 2.85 bits per heavy atom. The summed E-state index contributed by atoms with van der Waals surface area (Å²) in [7, 11) is 0. The van der Waals surface area contributed by atoms with Crippen LogP contribution in [0.1, 0.15) is 31.1 Å². The van der Waals surface area contributed by atoms with Crippen molar-refractivity contribution < 1.29 is 9.18 Å². The summed E-state index contributed by atoms with van der Waals surface area (Å²) in [6.07, 6.45) is 4.74. The lowest BCUT2D eigenvalue weighted by Crippen LogP contribution is -2.40. The number of nitrogens with one attached hydrogen (secondary N) is 2. The van der Waals surface area contributed by atoms with Gasteiger partial charge in [-0.2, -0.15) is 5.10 Å². The third-order valence-electron chi connectivity index (χ3n) is 3.85. The van der Waals surface area contributed by atoms with Gasteiger partial charge in [0.1, 0.15) is 11.3 Å². The molecule has 0 fully saturated rings. The summed E-state index contributed by atoms with van der Waals surface area (Å²) >= 11 is 0. The Kier molecular flexibility index (Phi) is 3.50. The zero-order valence-electron chi connectivity index (χ0n) is 14.5. The largest absolute Gasteiger partial charge is 0.347 e. The molecular weight excluding hydrogens is 335 g/mol. The van der Waals surface area contributed by atoms with E-state index in [9.17, 15) is 9.18 Å². The Bertz CT molecular complexity index is 1140. The van der Waals surface area contributed by atoms with E-state index in [1.807, 2.05) is 20.8 Å². The van der Waals surface area contributed by atoms with E-state index in [0.29, 0.717) is 28.1 Å². The molecule has 7 nitrogen and oxygen atoms in total. The maximum absolute atomic E-state index is 13.6. The third kappa shape index (κ3) is 2.79. The molecule has 0 aliphatic heterocycles. The molecule has 8 heteroatoms. The minimum absolute atomic E-state index is 0.244. The summed E-state index contributed by atoms with van der Waals surface area (Å²) in [5.74, 6) is -0.200. The minimum atomic E-state index is -0.374. The van der Waals surface area contributed by atoms with Crippen LogP contribution in [0.25, 0.3) is 27.9 Å². The van der Waals surface area contributed by atoms with Gasteiger partial charge < -0.3 is 10.3 Å². The van der Waals surface area contributed by atoms with Crippen LogP contribution in [0.15, 0.2) is 36.8 Å². The summed E-state index contributed by atoms with van der Waals surface area (Å²) in [4.78, 5) is 24.3. The average molecular weight is 352 g/mol. The molecule has 1 amide bonds. The van der Waals surface area contributed by atoms with Gasteiger partial charge in [-0.25, -0.2) is 19.0 Å². The predicted octanol–water partition coefficient (Wildman–Crippen LogP) is 2.96. The van der Waals surface area contributed by atoms with Gasteiger partial charge in [0, 0.05) is 23.2 Å². The van der Waals surface area contributed by atoms with Crippen LogP contribution in [-0.2, 0) is 0 Å². The van der Waals surface area contributed by atoms with Crippen molar-refractivity contribution in [3.63, 3.8) is 0 Å². The molecule has 0 bridgehead atoms. The summed E-state index contributed by atoms with van der Waals surface area (Å²) in [6.45, 7) is 5.71. The molecule has 132 valence electrons. The first-order valence-corrected chi connectivity index (χ1v) is 8.12. The molecule has 0 saturated heterocycles. The summed E-state index contributed by atoms with van der Waals surface area (Å²) in [5, 5.41) is 7.96. The Morgan fingerprint density at radius 2 is 2.08 bits per heavy atom. The molecule has 0 atom stereocenters. The molecule has 0 unspecified atom stereocenters. The molecule has 4 aromatic rings. The smallest absolute Gasteiger partial charge is 0.255 e. The second-order valence-corrected chi connectivity index (χ2v) is 7.09. The third-order valence-corrected chi connectivity index (χ3v) is 3.85. The lowest BCUT2D eigenvalue weighted by Gasteiger charge is -2.20. The fourth-order valence-electron chi connectivity index (χ4n) is 2.74. The Balaban J connectivity index is 1.83. The number of benzene rings is 1. The van der Waals surface area contributed by atoms with E-state index in [-0.39, 0.29) is 17.3 Å². The van der Waals surface area contributed by atoms with Crippen molar-refractivity contribution in [2.75, 3.05) is 0 Å². The van der Waals surface area contributed by atoms with Crippen molar-refractivity contribution in [3.8, 4) is 5.82 Å². The number of fused-ring (bicyclic) bond motifs is 2. The normalized spacial score (nSPS) is 12.0. The molecule has 0 spiro atoms. The van der Waals surface area contributed by atoms with Crippen molar-refractivity contribution in [3.05, 3.63) is 48.2 Å². The first-order chi connectivity index (χ1) is 12.3. The molecule has 0 saturated carbocycles. The number of hydrogen-bond donors (Lipinski definition) is 2. The number of halogens is 1. The number of hydrogen-bond acceptors (Lipinski definition) is 4. The molecular formula is C18H17FN6O. The molecule has 26 heavy (non-hydrogen) atoms. The Hall–Kier alpha value is -3.29. The second kappa shape index (κ2) is 5.62. The topological polar surface area (TPSA) is 88.5 Å². The van der Waals surface area contributed by atoms with Crippen LogP contribution in [0.3, 0.4) is 0 Å². The monoisotopic (exact) mass is 352 g/mol. The Morgan fingerprint density at radius 1 is 1.27 bits per heavy atom. The number of rotatable bonds is 2. The van der Waals surface area contributed by atoms with Gasteiger partial charge in [-0.3, -0.25) is 4.79 Å². The van der Waals surface area contributed by atoms with Crippen LogP contribution in [0, 0.1) is 5.82 Å². The number of aromatic nitrogens is 5. The fraction of sp³-hybridized carbons (Fsp3) is 0.222. The van der Waals surface area contributed by atoms with Gasteiger partial charge in [0.05, 0.1) is 23.5 Å². The quantitative estimate of drug-likeness (QED) is 0.580. The maximum Gasteiger partial charge on any atom is 0.255 e. The van der Waals surface area contributed by atoms with Gasteiger partial charge in [-0.15, -0.1) is 0 Å². The molecule has 0 aliphatic rings. The molecule has 4 rings (SSSR count). The van der Waals surface area contributed by atoms with Crippen molar-refractivity contribution >= 4 is 28.0 Å².